The molecule has 0 aliphatic carbocycles. The SMILES string of the molecule is [CH]CC[N+](C)(C)CC(O)COP([O-])OC. The molecule has 0 aromatic heterocycles. The van der Waals surface area contributed by atoms with Crippen LogP contribution in [0.3, 0.4) is 0 Å². The van der Waals surface area contributed by atoms with Gasteiger partial charge < -0.3 is 23.5 Å². The molecule has 0 heterocycles. The van der Waals surface area contributed by atoms with E-state index >= 15 is 0 Å². The average molecular weight is 237 g/mol. The lowest BCUT2D eigenvalue weighted by Gasteiger charge is -2.32. The Labute approximate surface area is 93.2 Å². The maximum Gasteiger partial charge on any atom is 0.126 e. The third kappa shape index (κ3) is 8.08. The zero-order valence-electron chi connectivity index (χ0n) is 9.55. The minimum absolute atomic E-state index is 0.00922. The summed E-state index contributed by atoms with van der Waals surface area (Å²) in [6.45, 7) is 6.72. The van der Waals surface area contributed by atoms with Crippen LogP contribution in [0.4, 0.5) is 0 Å². The Morgan fingerprint density at radius 1 is 1.53 bits per heavy atom. The Bertz CT molecular complexity index is 168. The molecule has 0 spiro atoms. The summed E-state index contributed by atoms with van der Waals surface area (Å²) in [6.07, 6.45) is -0.104. The van der Waals surface area contributed by atoms with Gasteiger partial charge in [-0.15, -0.1) is 0 Å². The van der Waals surface area contributed by atoms with Crippen molar-refractivity contribution >= 4 is 8.60 Å². The van der Waals surface area contributed by atoms with E-state index in [1.165, 1.54) is 7.11 Å². The summed E-state index contributed by atoms with van der Waals surface area (Å²) in [5, 5.41) is 9.59. The van der Waals surface area contributed by atoms with E-state index in [1.54, 1.807) is 0 Å². The Morgan fingerprint density at radius 2 is 2.13 bits per heavy atom. The van der Waals surface area contributed by atoms with Crippen molar-refractivity contribution in [2.24, 2.45) is 0 Å². The minimum Gasteiger partial charge on any atom is -0.786 e. The van der Waals surface area contributed by atoms with Crippen molar-refractivity contribution in [3.63, 3.8) is 0 Å². The predicted octanol–water partition coefficient (Wildman–Crippen LogP) is -0.225. The molecule has 15 heavy (non-hydrogen) atoms. The van der Waals surface area contributed by atoms with Gasteiger partial charge in [0.1, 0.15) is 12.6 Å². The second-order valence-electron chi connectivity index (χ2n) is 3.99. The largest absolute Gasteiger partial charge is 0.786 e. The van der Waals surface area contributed by atoms with Gasteiger partial charge in [0.05, 0.1) is 35.8 Å². The quantitative estimate of drug-likeness (QED) is 0.468. The first kappa shape index (κ1) is 15.2. The van der Waals surface area contributed by atoms with Crippen molar-refractivity contribution in [2.45, 2.75) is 12.5 Å². The highest BCUT2D eigenvalue weighted by Gasteiger charge is 2.19. The number of aliphatic hydroxyl groups excluding tert-OH is 1. The summed E-state index contributed by atoms with van der Waals surface area (Å²) in [5.41, 5.74) is 0. The molecule has 1 N–H and O–H groups in total. The van der Waals surface area contributed by atoms with Gasteiger partial charge in [0.25, 0.3) is 0 Å². The Kier molecular flexibility index (Phi) is 7.61. The van der Waals surface area contributed by atoms with Gasteiger partial charge in [0.15, 0.2) is 0 Å². The van der Waals surface area contributed by atoms with Crippen molar-refractivity contribution in [1.82, 2.24) is 0 Å². The van der Waals surface area contributed by atoms with Gasteiger partial charge in [-0.3, -0.25) is 0 Å². The average Bonchev–Trinajstić information content (AvgIpc) is 2.13. The van der Waals surface area contributed by atoms with Crippen LogP contribution in [0.15, 0.2) is 0 Å². The summed E-state index contributed by atoms with van der Waals surface area (Å²) in [5.74, 6) is 0. The van der Waals surface area contributed by atoms with Crippen molar-refractivity contribution in [3.8, 4) is 0 Å². The summed E-state index contributed by atoms with van der Waals surface area (Å²) >= 11 is 0. The molecule has 5 nitrogen and oxygen atoms in total. The van der Waals surface area contributed by atoms with Gasteiger partial charge in [-0.05, 0) is 13.3 Å². The molecule has 0 aliphatic rings. The van der Waals surface area contributed by atoms with Crippen LogP contribution in [0.1, 0.15) is 6.42 Å². The smallest absolute Gasteiger partial charge is 0.126 e. The Balaban J connectivity index is 3.77. The highest BCUT2D eigenvalue weighted by Crippen LogP contribution is 2.25. The number of hydrogen-bond donors (Lipinski definition) is 1. The molecule has 0 rings (SSSR count). The summed E-state index contributed by atoms with van der Waals surface area (Å²) in [7, 11) is 3.12. The highest BCUT2D eigenvalue weighted by atomic mass is 31.2. The molecule has 2 atom stereocenters. The fourth-order valence-electron chi connectivity index (χ4n) is 1.26. The van der Waals surface area contributed by atoms with Crippen LogP contribution in [0.5, 0.6) is 0 Å². The number of rotatable bonds is 8. The molecule has 2 unspecified atom stereocenters. The van der Waals surface area contributed by atoms with Crippen LogP contribution in [0.2, 0.25) is 0 Å². The van der Waals surface area contributed by atoms with Crippen molar-refractivity contribution < 1.29 is 23.5 Å². The molecule has 6 heteroatoms. The van der Waals surface area contributed by atoms with E-state index in [1.807, 2.05) is 14.1 Å². The van der Waals surface area contributed by atoms with Gasteiger partial charge in [-0.2, -0.15) is 0 Å². The monoisotopic (exact) mass is 237 g/mol. The molecule has 0 saturated heterocycles. The van der Waals surface area contributed by atoms with Crippen molar-refractivity contribution in [2.75, 3.05) is 40.9 Å². The molecular formula is C9H20NO4P. The van der Waals surface area contributed by atoms with Crippen LogP contribution in [0, 0.1) is 6.92 Å². The molecule has 90 valence electrons. The zero-order valence-corrected chi connectivity index (χ0v) is 10.4. The van der Waals surface area contributed by atoms with E-state index in [2.05, 4.69) is 4.52 Å². The molecule has 0 aromatic carbocycles. The molecule has 0 saturated carbocycles. The van der Waals surface area contributed by atoms with Crippen LogP contribution in [-0.4, -0.2) is 56.6 Å². The van der Waals surface area contributed by atoms with Crippen LogP contribution in [-0.2, 0) is 9.05 Å². The normalized spacial score (nSPS) is 16.4. The second kappa shape index (κ2) is 7.49. The molecule has 0 fully saturated rings. The third-order valence-corrected chi connectivity index (χ3v) is 2.62. The van der Waals surface area contributed by atoms with Gasteiger partial charge >= 0.3 is 0 Å². The molecule has 2 radical (unpaired) electrons. The summed E-state index contributed by atoms with van der Waals surface area (Å²) in [6, 6.07) is 0. The molecule has 0 aliphatic heterocycles. The lowest BCUT2D eigenvalue weighted by atomic mass is 10.3. The first-order chi connectivity index (χ1) is 6.91. The number of quaternary nitrogens is 1. The summed E-state index contributed by atoms with van der Waals surface area (Å²) < 4.78 is 9.80. The van der Waals surface area contributed by atoms with E-state index in [9.17, 15) is 10.00 Å². The second-order valence-corrected chi connectivity index (χ2v) is 5.06. The fraction of sp³-hybridized carbons (Fsp3) is 0.889. The number of likely N-dealkylation sites (N-methyl/N-ethyl adjacent to an activating group) is 1. The van der Waals surface area contributed by atoms with Gasteiger partial charge in [0, 0.05) is 7.11 Å². The lowest BCUT2D eigenvalue weighted by molar-refractivity contribution is -0.893. The van der Waals surface area contributed by atoms with E-state index < -0.39 is 14.7 Å². The molecular weight excluding hydrogens is 217 g/mol. The number of aliphatic hydroxyl groups is 1. The molecule has 0 aromatic rings. The maximum atomic E-state index is 10.8. The van der Waals surface area contributed by atoms with Gasteiger partial charge in [0.2, 0.25) is 0 Å². The maximum absolute atomic E-state index is 10.8. The Hall–Kier alpha value is 0.230. The van der Waals surface area contributed by atoms with E-state index in [0.29, 0.717) is 17.4 Å². The van der Waals surface area contributed by atoms with Gasteiger partial charge in [-0.1, -0.05) is 0 Å². The minimum atomic E-state index is -2.10. The number of hydrogen-bond acceptors (Lipinski definition) is 4. The highest BCUT2D eigenvalue weighted by molar-refractivity contribution is 7.38. The van der Waals surface area contributed by atoms with E-state index in [4.69, 9.17) is 11.4 Å². The standard InChI is InChI=1S/C9H20NO4P/c1-5-6-10(2,3)7-9(11)8-14-15(12)13-4/h1,9,11H,5-8H2,2-4H3. The fourth-order valence-corrected chi connectivity index (χ4v) is 1.66. The van der Waals surface area contributed by atoms with Gasteiger partial charge in [-0.25, -0.2) is 0 Å². The van der Waals surface area contributed by atoms with Crippen LogP contribution in [0.25, 0.3) is 0 Å². The Morgan fingerprint density at radius 3 is 2.60 bits per heavy atom. The van der Waals surface area contributed by atoms with Crippen LogP contribution >= 0.6 is 8.60 Å². The number of nitrogens with zero attached hydrogens (tertiary/aromatic N) is 1. The zero-order chi connectivity index (χ0) is 11.9. The summed E-state index contributed by atoms with van der Waals surface area (Å²) in [4.78, 5) is 10.8. The van der Waals surface area contributed by atoms with Crippen molar-refractivity contribution in [3.05, 3.63) is 6.92 Å². The predicted molar refractivity (Wildman–Crippen MR) is 56.6 cm³/mol. The lowest BCUT2D eigenvalue weighted by Crippen LogP contribution is -2.46. The first-order valence-electron chi connectivity index (χ1n) is 4.75. The van der Waals surface area contributed by atoms with E-state index in [-0.39, 0.29) is 6.61 Å². The van der Waals surface area contributed by atoms with Crippen LogP contribution < -0.4 is 4.89 Å². The topological polar surface area (TPSA) is 61.8 Å². The third-order valence-electron chi connectivity index (χ3n) is 1.96. The van der Waals surface area contributed by atoms with Crippen molar-refractivity contribution in [1.29, 1.82) is 0 Å². The van der Waals surface area contributed by atoms with E-state index in [0.717, 1.165) is 6.54 Å². The molecule has 0 bridgehead atoms. The molecule has 0 amide bonds. The first-order valence-corrected chi connectivity index (χ1v) is 5.85.